The summed E-state index contributed by atoms with van der Waals surface area (Å²) in [6, 6.07) is 5.15. The molecule has 1 fully saturated rings. The predicted molar refractivity (Wildman–Crippen MR) is 70.1 cm³/mol. The number of rotatable bonds is 2. The predicted octanol–water partition coefficient (Wildman–Crippen LogP) is 3.07. The van der Waals surface area contributed by atoms with Crippen molar-refractivity contribution in [1.82, 2.24) is 5.32 Å². The molecule has 3 nitrogen and oxygen atoms in total. The number of amides is 1. The van der Waals surface area contributed by atoms with E-state index in [1.165, 1.54) is 12.5 Å². The van der Waals surface area contributed by atoms with Crippen LogP contribution in [0.2, 0.25) is 0 Å². The highest BCUT2D eigenvalue weighted by Crippen LogP contribution is 2.26. The second-order valence-electron chi connectivity index (χ2n) is 4.75. The summed E-state index contributed by atoms with van der Waals surface area (Å²) in [5, 5.41) is 12.5. The maximum atomic E-state index is 11.9. The minimum atomic E-state index is -0.105. The van der Waals surface area contributed by atoms with Gasteiger partial charge in [0.05, 0.1) is 4.47 Å². The van der Waals surface area contributed by atoms with Gasteiger partial charge in [-0.3, -0.25) is 4.79 Å². The van der Waals surface area contributed by atoms with E-state index in [2.05, 4.69) is 28.2 Å². The molecule has 0 radical (unpaired) electrons. The molecule has 1 saturated carbocycles. The van der Waals surface area contributed by atoms with E-state index in [9.17, 15) is 9.90 Å². The summed E-state index contributed by atoms with van der Waals surface area (Å²) in [5.41, 5.74) is 0.505. The maximum Gasteiger partial charge on any atom is 0.251 e. The quantitative estimate of drug-likeness (QED) is 0.881. The van der Waals surface area contributed by atoms with E-state index in [4.69, 9.17) is 0 Å². The molecule has 1 aromatic rings. The fraction of sp³-hybridized carbons (Fsp3) is 0.462. The molecule has 1 aliphatic carbocycles. The Bertz CT molecular complexity index is 433. The summed E-state index contributed by atoms with van der Waals surface area (Å²) in [5.74, 6) is 0.683. The van der Waals surface area contributed by atoms with Crippen molar-refractivity contribution in [2.75, 3.05) is 0 Å². The normalized spacial score (nSPS) is 23.6. The molecule has 0 aromatic heterocycles. The van der Waals surface area contributed by atoms with Crippen LogP contribution >= 0.6 is 15.9 Å². The van der Waals surface area contributed by atoms with Gasteiger partial charge in [0.15, 0.2) is 0 Å². The molecule has 92 valence electrons. The molecule has 2 atom stereocenters. The van der Waals surface area contributed by atoms with Crippen LogP contribution < -0.4 is 5.32 Å². The summed E-state index contributed by atoms with van der Waals surface area (Å²) < 4.78 is 0.600. The number of nitrogens with one attached hydrogen (secondary N) is 1. The van der Waals surface area contributed by atoms with Gasteiger partial charge >= 0.3 is 0 Å². The Morgan fingerprint density at radius 3 is 2.82 bits per heavy atom. The number of benzene rings is 1. The first-order valence-electron chi connectivity index (χ1n) is 5.85. The van der Waals surface area contributed by atoms with Gasteiger partial charge < -0.3 is 10.4 Å². The number of carbonyl (C=O) groups is 1. The van der Waals surface area contributed by atoms with Gasteiger partial charge in [-0.25, -0.2) is 0 Å². The number of hydrogen-bond donors (Lipinski definition) is 2. The summed E-state index contributed by atoms with van der Waals surface area (Å²) in [4.78, 5) is 11.9. The van der Waals surface area contributed by atoms with E-state index >= 15 is 0 Å². The molecule has 1 aliphatic rings. The van der Waals surface area contributed by atoms with Gasteiger partial charge in [-0.05, 0) is 59.3 Å². The molecular weight excluding hydrogens is 282 g/mol. The topological polar surface area (TPSA) is 49.3 Å². The molecule has 4 heteroatoms. The zero-order chi connectivity index (χ0) is 12.4. The number of halogens is 1. The molecule has 0 aliphatic heterocycles. The van der Waals surface area contributed by atoms with Crippen molar-refractivity contribution in [1.29, 1.82) is 0 Å². The lowest BCUT2D eigenvalue weighted by molar-refractivity contribution is 0.0937. The highest BCUT2D eigenvalue weighted by atomic mass is 79.9. The molecule has 2 rings (SSSR count). The summed E-state index contributed by atoms with van der Waals surface area (Å²) in [7, 11) is 0. The van der Waals surface area contributed by atoms with Crippen molar-refractivity contribution in [3.05, 3.63) is 28.2 Å². The van der Waals surface area contributed by atoms with Crippen LogP contribution in [0.4, 0.5) is 0 Å². The Morgan fingerprint density at radius 1 is 1.47 bits per heavy atom. The molecule has 2 unspecified atom stereocenters. The Balaban J connectivity index is 2.02. The minimum Gasteiger partial charge on any atom is -0.507 e. The van der Waals surface area contributed by atoms with Crippen molar-refractivity contribution < 1.29 is 9.90 Å². The zero-order valence-electron chi connectivity index (χ0n) is 9.74. The van der Waals surface area contributed by atoms with Gasteiger partial charge in [-0.1, -0.05) is 6.92 Å². The monoisotopic (exact) mass is 297 g/mol. The van der Waals surface area contributed by atoms with Gasteiger partial charge in [-0.15, -0.1) is 0 Å². The molecule has 0 bridgehead atoms. The molecule has 0 spiro atoms. The van der Waals surface area contributed by atoms with Crippen molar-refractivity contribution in [2.24, 2.45) is 5.92 Å². The average Bonchev–Trinajstić information content (AvgIpc) is 2.68. The SMILES string of the molecule is CC1CCC(NC(=O)c2ccc(Br)c(O)c2)C1. The van der Waals surface area contributed by atoms with Gasteiger partial charge in [0.25, 0.3) is 5.91 Å². The van der Waals surface area contributed by atoms with Crippen LogP contribution in [0.5, 0.6) is 5.75 Å². The lowest BCUT2D eigenvalue weighted by Gasteiger charge is -2.12. The van der Waals surface area contributed by atoms with Gasteiger partial charge in [0, 0.05) is 11.6 Å². The van der Waals surface area contributed by atoms with E-state index in [1.807, 2.05) is 0 Å². The molecule has 17 heavy (non-hydrogen) atoms. The lowest BCUT2D eigenvalue weighted by atomic mass is 10.1. The van der Waals surface area contributed by atoms with Crippen molar-refractivity contribution in [2.45, 2.75) is 32.2 Å². The number of aromatic hydroxyl groups is 1. The largest absolute Gasteiger partial charge is 0.507 e. The Hall–Kier alpha value is -1.03. The summed E-state index contributed by atoms with van der Waals surface area (Å²) in [6.45, 7) is 2.21. The first-order valence-corrected chi connectivity index (χ1v) is 6.65. The van der Waals surface area contributed by atoms with Crippen LogP contribution in [0.25, 0.3) is 0 Å². The molecule has 1 aromatic carbocycles. The minimum absolute atomic E-state index is 0.0949. The average molecular weight is 298 g/mol. The molecule has 0 saturated heterocycles. The number of phenols is 1. The highest BCUT2D eigenvalue weighted by molar-refractivity contribution is 9.10. The van der Waals surface area contributed by atoms with Crippen LogP contribution in [-0.4, -0.2) is 17.1 Å². The second kappa shape index (κ2) is 5.08. The maximum absolute atomic E-state index is 11.9. The molecular formula is C13H16BrNO2. The van der Waals surface area contributed by atoms with Gasteiger partial charge in [-0.2, -0.15) is 0 Å². The summed E-state index contributed by atoms with van der Waals surface area (Å²) in [6.07, 6.45) is 3.28. The Morgan fingerprint density at radius 2 is 2.24 bits per heavy atom. The molecule has 2 N–H and O–H groups in total. The Kier molecular flexibility index (Phi) is 3.72. The van der Waals surface area contributed by atoms with E-state index in [-0.39, 0.29) is 17.7 Å². The zero-order valence-corrected chi connectivity index (χ0v) is 11.3. The van der Waals surface area contributed by atoms with Crippen molar-refractivity contribution in [3.8, 4) is 5.75 Å². The van der Waals surface area contributed by atoms with E-state index in [0.29, 0.717) is 16.0 Å². The van der Waals surface area contributed by atoms with E-state index in [1.54, 1.807) is 12.1 Å². The first-order chi connectivity index (χ1) is 8.06. The summed E-state index contributed by atoms with van der Waals surface area (Å²) >= 11 is 3.19. The lowest BCUT2D eigenvalue weighted by Crippen LogP contribution is -2.32. The first kappa shape index (κ1) is 12.4. The van der Waals surface area contributed by atoms with Crippen molar-refractivity contribution in [3.63, 3.8) is 0 Å². The van der Waals surface area contributed by atoms with Crippen LogP contribution in [-0.2, 0) is 0 Å². The van der Waals surface area contributed by atoms with Crippen LogP contribution in [0.15, 0.2) is 22.7 Å². The van der Waals surface area contributed by atoms with Crippen LogP contribution in [0.3, 0.4) is 0 Å². The number of carbonyl (C=O) groups excluding carboxylic acids is 1. The second-order valence-corrected chi connectivity index (χ2v) is 5.61. The van der Waals surface area contributed by atoms with Gasteiger partial charge in [0.1, 0.15) is 5.75 Å². The molecule has 1 amide bonds. The highest BCUT2D eigenvalue weighted by Gasteiger charge is 2.23. The third-order valence-electron chi connectivity index (χ3n) is 3.24. The molecule has 0 heterocycles. The third-order valence-corrected chi connectivity index (χ3v) is 3.91. The smallest absolute Gasteiger partial charge is 0.251 e. The Labute approximate surface area is 109 Å². The fourth-order valence-corrected chi connectivity index (χ4v) is 2.51. The van der Waals surface area contributed by atoms with Crippen LogP contribution in [0, 0.1) is 5.92 Å². The standard InChI is InChI=1S/C13H16BrNO2/c1-8-2-4-10(6-8)15-13(17)9-3-5-11(14)12(16)7-9/h3,5,7-8,10,16H,2,4,6H2,1H3,(H,15,17). The van der Waals surface area contributed by atoms with Gasteiger partial charge in [0.2, 0.25) is 0 Å². The van der Waals surface area contributed by atoms with Crippen molar-refractivity contribution >= 4 is 21.8 Å². The van der Waals surface area contributed by atoms with E-state index in [0.717, 1.165) is 12.8 Å². The van der Waals surface area contributed by atoms with E-state index < -0.39 is 0 Å². The number of hydrogen-bond acceptors (Lipinski definition) is 2. The number of phenolic OH excluding ortho intramolecular Hbond substituents is 1. The van der Waals surface area contributed by atoms with Crippen LogP contribution in [0.1, 0.15) is 36.5 Å². The third kappa shape index (κ3) is 3.00. The fourth-order valence-electron chi connectivity index (χ4n) is 2.26.